The van der Waals surface area contributed by atoms with Crippen molar-refractivity contribution in [3.05, 3.63) is 59.9 Å². The lowest BCUT2D eigenvalue weighted by Gasteiger charge is -2.10. The monoisotopic (exact) mass is 294 g/mol. The van der Waals surface area contributed by atoms with E-state index in [1.54, 1.807) is 0 Å². The van der Waals surface area contributed by atoms with Crippen LogP contribution in [0.1, 0.15) is 5.56 Å². The summed E-state index contributed by atoms with van der Waals surface area (Å²) in [7, 11) is -3.33. The van der Waals surface area contributed by atoms with Crippen LogP contribution in [0.4, 0.5) is 10.1 Å². The maximum atomic E-state index is 13.6. The Morgan fingerprint density at radius 2 is 1.80 bits per heavy atom. The molecule has 0 aromatic heterocycles. The summed E-state index contributed by atoms with van der Waals surface area (Å²) in [5.74, 6) is -0.445. The molecular formula is C14H15FN2O2S. The summed E-state index contributed by atoms with van der Waals surface area (Å²) < 4.78 is 36.5. The predicted molar refractivity (Wildman–Crippen MR) is 76.4 cm³/mol. The van der Waals surface area contributed by atoms with Gasteiger partial charge in [0.1, 0.15) is 5.82 Å². The Hall–Kier alpha value is -1.92. The summed E-state index contributed by atoms with van der Waals surface area (Å²) in [6.07, 6.45) is 1.10. The number of nitrogens with one attached hydrogen (secondary N) is 2. The molecule has 6 heteroatoms. The number of hydrazine groups is 1. The number of para-hydroxylation sites is 1. The van der Waals surface area contributed by atoms with Crippen molar-refractivity contribution in [3.8, 4) is 0 Å². The molecule has 0 aliphatic carbocycles. The second kappa shape index (κ2) is 6.02. The molecule has 2 N–H and O–H groups in total. The third kappa shape index (κ3) is 3.79. The summed E-state index contributed by atoms with van der Waals surface area (Å²) in [6, 6.07) is 13.1. The molecular weight excluding hydrogens is 279 g/mol. The minimum absolute atomic E-state index is 0.107. The average molecular weight is 294 g/mol. The molecule has 2 aromatic rings. The molecule has 0 bridgehead atoms. The van der Waals surface area contributed by atoms with Crippen LogP contribution in [0.5, 0.6) is 0 Å². The van der Waals surface area contributed by atoms with Gasteiger partial charge in [-0.2, -0.15) is 0 Å². The van der Waals surface area contributed by atoms with E-state index >= 15 is 0 Å². The van der Waals surface area contributed by atoms with Crippen LogP contribution in [0, 0.1) is 5.82 Å². The van der Waals surface area contributed by atoms with E-state index < -0.39 is 15.7 Å². The van der Waals surface area contributed by atoms with E-state index in [2.05, 4.69) is 10.9 Å². The number of benzene rings is 2. The van der Waals surface area contributed by atoms with Gasteiger partial charge in [0.15, 0.2) is 9.84 Å². The van der Waals surface area contributed by atoms with E-state index in [4.69, 9.17) is 0 Å². The van der Waals surface area contributed by atoms with Crippen LogP contribution in [0.15, 0.2) is 53.4 Å². The first-order chi connectivity index (χ1) is 9.47. The Morgan fingerprint density at radius 1 is 1.10 bits per heavy atom. The molecule has 0 amide bonds. The number of sulfone groups is 1. The molecule has 2 aromatic carbocycles. The lowest BCUT2D eigenvalue weighted by molar-refractivity contribution is 0.591. The zero-order valence-electron chi connectivity index (χ0n) is 10.9. The number of rotatable bonds is 5. The van der Waals surface area contributed by atoms with Gasteiger partial charge < -0.3 is 5.43 Å². The van der Waals surface area contributed by atoms with Crippen LogP contribution < -0.4 is 10.9 Å². The third-order valence-corrected chi connectivity index (χ3v) is 3.84. The van der Waals surface area contributed by atoms with Crippen molar-refractivity contribution in [1.29, 1.82) is 0 Å². The largest absolute Gasteiger partial charge is 0.321 e. The van der Waals surface area contributed by atoms with Crippen molar-refractivity contribution in [1.82, 2.24) is 5.43 Å². The number of anilines is 1. The van der Waals surface area contributed by atoms with Crippen LogP contribution in [0.25, 0.3) is 0 Å². The zero-order chi connectivity index (χ0) is 14.6. The van der Waals surface area contributed by atoms with Gasteiger partial charge in [0.25, 0.3) is 0 Å². The van der Waals surface area contributed by atoms with Crippen molar-refractivity contribution in [2.45, 2.75) is 11.4 Å². The highest BCUT2D eigenvalue weighted by molar-refractivity contribution is 7.90. The molecule has 0 radical (unpaired) electrons. The first-order valence-electron chi connectivity index (χ1n) is 5.99. The molecule has 20 heavy (non-hydrogen) atoms. The van der Waals surface area contributed by atoms with Gasteiger partial charge in [0.05, 0.1) is 4.90 Å². The molecule has 0 unspecified atom stereocenters. The molecule has 0 aliphatic rings. The van der Waals surface area contributed by atoms with Gasteiger partial charge in [-0.1, -0.05) is 18.2 Å². The van der Waals surface area contributed by atoms with Gasteiger partial charge in [0, 0.05) is 24.1 Å². The molecule has 2 rings (SSSR count). The molecule has 0 fully saturated rings. The second-order valence-electron chi connectivity index (χ2n) is 4.37. The molecule has 0 spiro atoms. The molecule has 0 saturated carbocycles. The fourth-order valence-electron chi connectivity index (χ4n) is 1.68. The fraction of sp³-hybridized carbons (Fsp3) is 0.143. The predicted octanol–water partition coefficient (Wildman–Crippen LogP) is 2.35. The maximum absolute atomic E-state index is 13.6. The van der Waals surface area contributed by atoms with Crippen LogP contribution in [-0.2, 0) is 16.4 Å². The van der Waals surface area contributed by atoms with Gasteiger partial charge in [-0.3, -0.25) is 0 Å². The minimum atomic E-state index is -3.33. The van der Waals surface area contributed by atoms with E-state index in [1.807, 2.05) is 30.3 Å². The smallest absolute Gasteiger partial charge is 0.175 e. The molecule has 0 aliphatic heterocycles. The molecule has 106 valence electrons. The van der Waals surface area contributed by atoms with E-state index in [-0.39, 0.29) is 17.0 Å². The molecule has 0 atom stereocenters. The Bertz CT molecular complexity index is 688. The first-order valence-corrected chi connectivity index (χ1v) is 7.88. The van der Waals surface area contributed by atoms with Crippen molar-refractivity contribution in [3.63, 3.8) is 0 Å². The summed E-state index contributed by atoms with van der Waals surface area (Å²) in [4.78, 5) is 0.107. The normalized spacial score (nSPS) is 11.3. The maximum Gasteiger partial charge on any atom is 0.175 e. The van der Waals surface area contributed by atoms with Crippen LogP contribution in [0.3, 0.4) is 0 Å². The Labute approximate surface area is 117 Å². The number of hydrogen-bond acceptors (Lipinski definition) is 4. The highest BCUT2D eigenvalue weighted by Gasteiger charge is 2.10. The highest BCUT2D eigenvalue weighted by atomic mass is 32.2. The van der Waals surface area contributed by atoms with Gasteiger partial charge in [-0.05, 0) is 30.3 Å². The van der Waals surface area contributed by atoms with Crippen LogP contribution in [-0.4, -0.2) is 14.7 Å². The summed E-state index contributed by atoms with van der Waals surface area (Å²) in [6.45, 7) is 0.171. The van der Waals surface area contributed by atoms with E-state index in [9.17, 15) is 12.8 Å². The van der Waals surface area contributed by atoms with Crippen LogP contribution in [0.2, 0.25) is 0 Å². The lowest BCUT2D eigenvalue weighted by atomic mass is 10.2. The van der Waals surface area contributed by atoms with Crippen molar-refractivity contribution in [2.75, 3.05) is 11.7 Å². The van der Waals surface area contributed by atoms with Crippen molar-refractivity contribution >= 4 is 15.5 Å². The Kier molecular flexibility index (Phi) is 4.36. The summed E-state index contributed by atoms with van der Waals surface area (Å²) in [5.41, 5.74) is 6.89. The van der Waals surface area contributed by atoms with Gasteiger partial charge in [0.2, 0.25) is 0 Å². The first kappa shape index (κ1) is 14.5. The average Bonchev–Trinajstić information content (AvgIpc) is 2.41. The van der Waals surface area contributed by atoms with Crippen LogP contribution >= 0.6 is 0 Å². The SMILES string of the molecule is CS(=O)(=O)c1ccc(F)c(CNNc2ccccc2)c1. The van der Waals surface area contributed by atoms with Gasteiger partial charge in [-0.25, -0.2) is 18.2 Å². The van der Waals surface area contributed by atoms with Crippen molar-refractivity contribution in [2.24, 2.45) is 0 Å². The third-order valence-electron chi connectivity index (χ3n) is 2.73. The molecule has 4 nitrogen and oxygen atoms in total. The highest BCUT2D eigenvalue weighted by Crippen LogP contribution is 2.15. The van der Waals surface area contributed by atoms with Gasteiger partial charge in [-0.15, -0.1) is 0 Å². The molecule has 0 saturated heterocycles. The van der Waals surface area contributed by atoms with E-state index in [0.717, 1.165) is 18.0 Å². The minimum Gasteiger partial charge on any atom is -0.321 e. The quantitative estimate of drug-likeness (QED) is 0.656. The Morgan fingerprint density at radius 3 is 2.45 bits per heavy atom. The second-order valence-corrected chi connectivity index (χ2v) is 6.39. The molecule has 0 heterocycles. The lowest BCUT2D eigenvalue weighted by Crippen LogP contribution is -2.21. The zero-order valence-corrected chi connectivity index (χ0v) is 11.7. The topological polar surface area (TPSA) is 58.2 Å². The summed E-state index contributed by atoms with van der Waals surface area (Å²) >= 11 is 0. The Balaban J connectivity index is 2.06. The number of halogens is 1. The summed E-state index contributed by atoms with van der Waals surface area (Å²) in [5, 5.41) is 0. The number of hydrogen-bond donors (Lipinski definition) is 2. The van der Waals surface area contributed by atoms with E-state index in [1.165, 1.54) is 12.1 Å². The van der Waals surface area contributed by atoms with Gasteiger partial charge >= 0.3 is 0 Å². The van der Waals surface area contributed by atoms with Crippen molar-refractivity contribution < 1.29 is 12.8 Å². The standard InChI is InChI=1S/C14H15FN2O2S/c1-20(18,19)13-7-8-14(15)11(9-13)10-16-17-12-5-3-2-4-6-12/h2-9,16-17H,10H2,1H3. The van der Waals surface area contributed by atoms with E-state index in [0.29, 0.717) is 0 Å². The fourth-order valence-corrected chi connectivity index (χ4v) is 2.35.